The molecule has 28 heavy (non-hydrogen) atoms. The van der Waals surface area contributed by atoms with E-state index in [1.165, 1.54) is 0 Å². The SMILES string of the molecule is O=C1c2oc3ccccc3c(=O)c2C(c2cccs2)N1CCN1CCOCC1. The fourth-order valence-electron chi connectivity index (χ4n) is 4.01. The van der Waals surface area contributed by atoms with Gasteiger partial charge in [-0.2, -0.15) is 0 Å². The molecule has 1 aromatic carbocycles. The fraction of sp³-hybridized carbons (Fsp3) is 0.333. The topological polar surface area (TPSA) is 63.0 Å². The predicted octanol–water partition coefficient (Wildman–Crippen LogP) is 2.73. The standard InChI is InChI=1S/C21H20N2O4S/c24-19-14-4-1-2-5-15(14)27-20-17(19)18(16-6-3-13-28-16)23(21(20)25)8-7-22-9-11-26-12-10-22/h1-6,13,18H,7-12H2. The Labute approximate surface area is 165 Å². The quantitative estimate of drug-likeness (QED) is 0.679. The van der Waals surface area contributed by atoms with E-state index in [1.54, 1.807) is 28.4 Å². The summed E-state index contributed by atoms with van der Waals surface area (Å²) in [5.74, 6) is -0.0198. The minimum Gasteiger partial charge on any atom is -0.450 e. The Morgan fingerprint density at radius 1 is 1.04 bits per heavy atom. The zero-order valence-corrected chi connectivity index (χ0v) is 16.1. The first-order valence-electron chi connectivity index (χ1n) is 9.44. The summed E-state index contributed by atoms with van der Waals surface area (Å²) in [5.41, 5.74) is 0.810. The van der Waals surface area contributed by atoms with Gasteiger partial charge < -0.3 is 14.1 Å². The molecule has 5 rings (SSSR count). The van der Waals surface area contributed by atoms with E-state index in [1.807, 2.05) is 29.6 Å². The summed E-state index contributed by atoms with van der Waals surface area (Å²) in [6, 6.07) is 10.7. The van der Waals surface area contributed by atoms with Crippen LogP contribution < -0.4 is 5.43 Å². The monoisotopic (exact) mass is 396 g/mol. The second-order valence-electron chi connectivity index (χ2n) is 7.04. The van der Waals surface area contributed by atoms with Gasteiger partial charge in [0.2, 0.25) is 5.76 Å². The highest BCUT2D eigenvalue weighted by atomic mass is 32.1. The van der Waals surface area contributed by atoms with E-state index in [0.29, 0.717) is 36.3 Å². The first kappa shape index (κ1) is 17.6. The minimum absolute atomic E-state index is 0.113. The molecule has 0 spiro atoms. The third-order valence-electron chi connectivity index (χ3n) is 5.45. The number of benzene rings is 1. The van der Waals surface area contributed by atoms with E-state index in [4.69, 9.17) is 9.15 Å². The van der Waals surface area contributed by atoms with Gasteiger partial charge in [0.05, 0.1) is 30.2 Å². The van der Waals surface area contributed by atoms with Gasteiger partial charge in [0, 0.05) is 31.1 Å². The second-order valence-corrected chi connectivity index (χ2v) is 8.02. The Morgan fingerprint density at radius 2 is 1.86 bits per heavy atom. The summed E-state index contributed by atoms with van der Waals surface area (Å²) in [7, 11) is 0. The predicted molar refractivity (Wildman–Crippen MR) is 107 cm³/mol. The van der Waals surface area contributed by atoms with Gasteiger partial charge in [0.1, 0.15) is 5.58 Å². The Morgan fingerprint density at radius 3 is 2.64 bits per heavy atom. The summed E-state index contributed by atoms with van der Waals surface area (Å²) >= 11 is 1.56. The number of thiophene rings is 1. The van der Waals surface area contributed by atoms with E-state index < -0.39 is 0 Å². The summed E-state index contributed by atoms with van der Waals surface area (Å²) < 4.78 is 11.3. The number of para-hydroxylation sites is 1. The van der Waals surface area contributed by atoms with Crippen LogP contribution in [0.2, 0.25) is 0 Å². The lowest BCUT2D eigenvalue weighted by Gasteiger charge is -2.30. The number of hydrogen-bond donors (Lipinski definition) is 0. The molecule has 1 atom stereocenters. The van der Waals surface area contributed by atoms with Crippen LogP contribution >= 0.6 is 11.3 Å². The number of carbonyl (C=O) groups is 1. The van der Waals surface area contributed by atoms with Crippen LogP contribution in [0.15, 0.2) is 51.0 Å². The largest absolute Gasteiger partial charge is 0.450 e. The van der Waals surface area contributed by atoms with Gasteiger partial charge in [0.15, 0.2) is 5.43 Å². The van der Waals surface area contributed by atoms with Gasteiger partial charge in [-0.25, -0.2) is 0 Å². The van der Waals surface area contributed by atoms with E-state index in [-0.39, 0.29) is 23.1 Å². The molecule has 6 nitrogen and oxygen atoms in total. The van der Waals surface area contributed by atoms with E-state index >= 15 is 0 Å². The first-order valence-corrected chi connectivity index (χ1v) is 10.3. The Kier molecular flexibility index (Phi) is 4.50. The van der Waals surface area contributed by atoms with E-state index in [2.05, 4.69) is 4.90 Å². The van der Waals surface area contributed by atoms with Gasteiger partial charge in [-0.1, -0.05) is 18.2 Å². The van der Waals surface area contributed by atoms with E-state index in [9.17, 15) is 9.59 Å². The molecular weight excluding hydrogens is 376 g/mol. The van der Waals surface area contributed by atoms with Crippen molar-refractivity contribution in [2.45, 2.75) is 6.04 Å². The van der Waals surface area contributed by atoms with Crippen molar-refractivity contribution < 1.29 is 13.9 Å². The third kappa shape index (κ3) is 2.87. The van der Waals surface area contributed by atoms with Gasteiger partial charge in [-0.3, -0.25) is 14.5 Å². The molecule has 0 bridgehead atoms. The lowest BCUT2D eigenvalue weighted by atomic mass is 10.0. The molecule has 144 valence electrons. The molecule has 0 N–H and O–H groups in total. The molecular formula is C21H20N2O4S. The normalized spacial score (nSPS) is 20.1. The summed E-state index contributed by atoms with van der Waals surface area (Å²) in [5, 5.41) is 2.49. The molecule has 3 aromatic rings. The summed E-state index contributed by atoms with van der Waals surface area (Å²) in [6.45, 7) is 4.45. The first-order chi connectivity index (χ1) is 13.7. The Bertz CT molecular complexity index is 1070. The number of amides is 1. The van der Waals surface area contributed by atoms with Crippen molar-refractivity contribution in [3.8, 4) is 0 Å². The highest BCUT2D eigenvalue weighted by Crippen LogP contribution is 2.39. The molecule has 2 aromatic heterocycles. The molecule has 7 heteroatoms. The fourth-order valence-corrected chi connectivity index (χ4v) is 4.86. The van der Waals surface area contributed by atoms with Crippen LogP contribution in [0, 0.1) is 0 Å². The number of hydrogen-bond acceptors (Lipinski definition) is 6. The van der Waals surface area contributed by atoms with Crippen molar-refractivity contribution in [3.63, 3.8) is 0 Å². The van der Waals surface area contributed by atoms with Crippen molar-refractivity contribution in [2.75, 3.05) is 39.4 Å². The van der Waals surface area contributed by atoms with Crippen LogP contribution in [0.3, 0.4) is 0 Å². The minimum atomic E-state index is -0.385. The van der Waals surface area contributed by atoms with Crippen LogP contribution in [0.4, 0.5) is 0 Å². The Balaban J connectivity index is 1.57. The smallest absolute Gasteiger partial charge is 0.290 e. The molecule has 1 unspecified atom stereocenters. The van der Waals surface area contributed by atoms with Crippen molar-refractivity contribution in [2.24, 2.45) is 0 Å². The number of ether oxygens (including phenoxy) is 1. The van der Waals surface area contributed by atoms with Crippen LogP contribution in [-0.4, -0.2) is 55.1 Å². The highest BCUT2D eigenvalue weighted by molar-refractivity contribution is 7.10. The molecule has 2 aliphatic heterocycles. The number of fused-ring (bicyclic) bond motifs is 2. The number of rotatable bonds is 4. The molecule has 1 amide bonds. The lowest BCUT2D eigenvalue weighted by Crippen LogP contribution is -2.42. The highest BCUT2D eigenvalue weighted by Gasteiger charge is 2.43. The number of morpholine rings is 1. The van der Waals surface area contributed by atoms with Crippen molar-refractivity contribution in [1.29, 1.82) is 0 Å². The van der Waals surface area contributed by atoms with Crippen LogP contribution in [0.25, 0.3) is 11.0 Å². The lowest BCUT2D eigenvalue weighted by molar-refractivity contribution is 0.0315. The second kappa shape index (κ2) is 7.16. The van der Waals surface area contributed by atoms with Crippen LogP contribution in [-0.2, 0) is 4.74 Å². The Hall–Kier alpha value is -2.48. The third-order valence-corrected chi connectivity index (χ3v) is 6.37. The number of nitrogens with zero attached hydrogens (tertiary/aromatic N) is 2. The molecule has 1 saturated heterocycles. The summed E-state index contributed by atoms with van der Waals surface area (Å²) in [6.07, 6.45) is 0. The number of carbonyl (C=O) groups excluding carboxylic acids is 1. The molecule has 0 radical (unpaired) electrons. The van der Waals surface area contributed by atoms with Gasteiger partial charge in [0.25, 0.3) is 5.91 Å². The summed E-state index contributed by atoms with van der Waals surface area (Å²) in [4.78, 5) is 31.5. The van der Waals surface area contributed by atoms with E-state index in [0.717, 1.165) is 24.5 Å². The molecule has 0 aliphatic carbocycles. The molecule has 2 aliphatic rings. The van der Waals surface area contributed by atoms with Gasteiger partial charge in [-0.15, -0.1) is 11.3 Å². The average Bonchev–Trinajstić information content (AvgIpc) is 3.35. The molecule has 1 fully saturated rings. The maximum absolute atomic E-state index is 13.3. The van der Waals surface area contributed by atoms with Gasteiger partial charge in [-0.05, 0) is 23.6 Å². The maximum atomic E-state index is 13.3. The average molecular weight is 396 g/mol. The molecule has 4 heterocycles. The maximum Gasteiger partial charge on any atom is 0.290 e. The van der Waals surface area contributed by atoms with Crippen molar-refractivity contribution in [3.05, 3.63) is 68.2 Å². The van der Waals surface area contributed by atoms with Crippen LogP contribution in [0.1, 0.15) is 27.0 Å². The van der Waals surface area contributed by atoms with Crippen molar-refractivity contribution >= 4 is 28.2 Å². The zero-order valence-electron chi connectivity index (χ0n) is 15.3. The van der Waals surface area contributed by atoms with Crippen LogP contribution in [0.5, 0.6) is 0 Å². The zero-order chi connectivity index (χ0) is 19.1. The van der Waals surface area contributed by atoms with Gasteiger partial charge >= 0.3 is 0 Å². The van der Waals surface area contributed by atoms with Crippen molar-refractivity contribution in [1.82, 2.24) is 9.80 Å². The molecule has 0 saturated carbocycles.